The number of aliphatic hydroxyl groups is 1. The number of anilines is 2. The van der Waals surface area contributed by atoms with E-state index in [0.717, 1.165) is 0 Å². The topological polar surface area (TPSA) is 125 Å². The maximum absolute atomic E-state index is 15.3. The third-order valence-electron chi connectivity index (χ3n) is 6.78. The maximum atomic E-state index is 15.3. The second-order valence-electron chi connectivity index (χ2n) is 9.69. The zero-order chi connectivity index (χ0) is 28.9. The maximum Gasteiger partial charge on any atom is 0.282 e. The van der Waals surface area contributed by atoms with Gasteiger partial charge in [-0.05, 0) is 57.2 Å². The summed E-state index contributed by atoms with van der Waals surface area (Å²) >= 11 is 0. The van der Waals surface area contributed by atoms with Crippen LogP contribution in [0.25, 0.3) is 22.7 Å². The molecule has 0 spiro atoms. The smallest absolute Gasteiger partial charge is 0.282 e. The number of imidazole rings is 1. The average molecular weight is 567 g/mol. The predicted octanol–water partition coefficient (Wildman–Crippen LogP) is 4.80. The number of aromatic nitrogens is 7. The SMILES string of the molecule is Cc1cc(C(F)F)nn1-c1nc(-n2cnc3cc(Nc4ccc(C5(C)OCCO5)nn4)c(F)cc32)ccc1C(C)O. The molecule has 4 aromatic heterocycles. The monoisotopic (exact) mass is 566 g/mol. The van der Waals surface area contributed by atoms with Gasteiger partial charge >= 0.3 is 0 Å². The zero-order valence-corrected chi connectivity index (χ0v) is 22.2. The minimum atomic E-state index is -2.76. The van der Waals surface area contributed by atoms with E-state index in [1.165, 1.54) is 36.1 Å². The molecule has 14 heteroatoms. The van der Waals surface area contributed by atoms with Crippen molar-refractivity contribution in [1.29, 1.82) is 0 Å². The molecule has 1 unspecified atom stereocenters. The fraction of sp³-hybridized carbons (Fsp3) is 0.296. The van der Waals surface area contributed by atoms with E-state index in [4.69, 9.17) is 9.47 Å². The van der Waals surface area contributed by atoms with Crippen molar-refractivity contribution in [2.24, 2.45) is 0 Å². The first-order chi connectivity index (χ1) is 19.6. The van der Waals surface area contributed by atoms with Crippen molar-refractivity contribution >= 4 is 22.5 Å². The number of rotatable bonds is 7. The normalized spacial score (nSPS) is 15.6. The van der Waals surface area contributed by atoms with Gasteiger partial charge in [-0.15, -0.1) is 10.2 Å². The fourth-order valence-corrected chi connectivity index (χ4v) is 4.65. The summed E-state index contributed by atoms with van der Waals surface area (Å²) in [6.45, 7) is 5.83. The lowest BCUT2D eigenvalue weighted by Crippen LogP contribution is -2.24. The first-order valence-corrected chi connectivity index (χ1v) is 12.7. The predicted molar refractivity (Wildman–Crippen MR) is 141 cm³/mol. The van der Waals surface area contributed by atoms with Crippen molar-refractivity contribution in [2.75, 3.05) is 18.5 Å². The second-order valence-corrected chi connectivity index (χ2v) is 9.69. The van der Waals surface area contributed by atoms with Crippen LogP contribution in [0.2, 0.25) is 0 Å². The van der Waals surface area contributed by atoms with Crippen molar-refractivity contribution in [3.8, 4) is 11.6 Å². The number of hydrogen-bond acceptors (Lipinski definition) is 9. The fourth-order valence-electron chi connectivity index (χ4n) is 4.65. The molecule has 5 heterocycles. The molecule has 11 nitrogen and oxygen atoms in total. The van der Waals surface area contributed by atoms with Crippen LogP contribution in [0, 0.1) is 12.7 Å². The summed E-state index contributed by atoms with van der Waals surface area (Å²) in [5.41, 5.74) is 1.89. The Morgan fingerprint density at radius 2 is 1.85 bits per heavy atom. The van der Waals surface area contributed by atoms with Crippen LogP contribution < -0.4 is 5.32 Å². The molecule has 1 aliphatic heterocycles. The number of fused-ring (bicyclic) bond motifs is 1. The zero-order valence-electron chi connectivity index (χ0n) is 22.2. The molecule has 1 fully saturated rings. The number of hydrogen-bond donors (Lipinski definition) is 2. The number of aliphatic hydroxyl groups excluding tert-OH is 1. The first kappa shape index (κ1) is 26.8. The Morgan fingerprint density at radius 3 is 2.51 bits per heavy atom. The van der Waals surface area contributed by atoms with Gasteiger partial charge in [-0.25, -0.2) is 27.8 Å². The third-order valence-corrected chi connectivity index (χ3v) is 6.78. The lowest BCUT2D eigenvalue weighted by Gasteiger charge is -2.20. The summed E-state index contributed by atoms with van der Waals surface area (Å²) in [5.74, 6) is -0.736. The third kappa shape index (κ3) is 4.90. The first-order valence-electron chi connectivity index (χ1n) is 12.7. The number of nitrogens with zero attached hydrogens (tertiary/aromatic N) is 7. The quantitative estimate of drug-likeness (QED) is 0.286. The number of ether oxygens (including phenoxy) is 2. The Balaban J connectivity index is 1.33. The molecule has 41 heavy (non-hydrogen) atoms. The number of pyridine rings is 1. The van der Waals surface area contributed by atoms with Crippen molar-refractivity contribution in [3.05, 3.63) is 77.3 Å². The van der Waals surface area contributed by atoms with E-state index in [0.29, 0.717) is 52.8 Å². The molecule has 0 aliphatic carbocycles. The van der Waals surface area contributed by atoms with Gasteiger partial charge in [0, 0.05) is 17.3 Å². The van der Waals surface area contributed by atoms with Crippen LogP contribution >= 0.6 is 0 Å². The molecule has 5 aromatic rings. The van der Waals surface area contributed by atoms with Crippen LogP contribution in [0.1, 0.15) is 49.0 Å². The number of nitrogens with one attached hydrogen (secondary N) is 1. The summed E-state index contributed by atoms with van der Waals surface area (Å²) in [7, 11) is 0. The molecular formula is C27H25F3N8O3. The largest absolute Gasteiger partial charge is 0.389 e. The van der Waals surface area contributed by atoms with Crippen LogP contribution in [0.3, 0.4) is 0 Å². The molecule has 0 bridgehead atoms. The van der Waals surface area contributed by atoms with Crippen molar-refractivity contribution in [3.63, 3.8) is 0 Å². The van der Waals surface area contributed by atoms with Gasteiger partial charge in [0.1, 0.15) is 29.4 Å². The molecule has 212 valence electrons. The van der Waals surface area contributed by atoms with E-state index in [1.54, 1.807) is 42.7 Å². The van der Waals surface area contributed by atoms with Crippen LogP contribution in [-0.4, -0.2) is 52.8 Å². The molecule has 1 aliphatic rings. The van der Waals surface area contributed by atoms with E-state index in [9.17, 15) is 13.9 Å². The highest BCUT2D eigenvalue weighted by molar-refractivity contribution is 5.82. The van der Waals surface area contributed by atoms with Crippen LogP contribution in [0.4, 0.5) is 24.7 Å². The van der Waals surface area contributed by atoms with Crippen molar-refractivity contribution in [1.82, 2.24) is 34.5 Å². The summed E-state index contributed by atoms with van der Waals surface area (Å²) in [5, 5.41) is 25.5. The van der Waals surface area contributed by atoms with Gasteiger partial charge in [0.25, 0.3) is 6.43 Å². The van der Waals surface area contributed by atoms with Gasteiger partial charge < -0.3 is 19.9 Å². The van der Waals surface area contributed by atoms with E-state index in [-0.39, 0.29) is 11.5 Å². The minimum Gasteiger partial charge on any atom is -0.389 e. The van der Waals surface area contributed by atoms with E-state index in [2.05, 4.69) is 30.6 Å². The molecule has 1 saturated heterocycles. The highest BCUT2D eigenvalue weighted by Crippen LogP contribution is 2.31. The Kier molecular flexibility index (Phi) is 6.68. The van der Waals surface area contributed by atoms with Gasteiger partial charge in [-0.3, -0.25) is 4.57 Å². The lowest BCUT2D eigenvalue weighted by molar-refractivity contribution is -0.153. The number of halogens is 3. The van der Waals surface area contributed by atoms with Crippen molar-refractivity contribution in [2.45, 2.75) is 39.1 Å². The Morgan fingerprint density at radius 1 is 1.07 bits per heavy atom. The van der Waals surface area contributed by atoms with E-state index in [1.807, 2.05) is 0 Å². The van der Waals surface area contributed by atoms with Gasteiger partial charge in [0.15, 0.2) is 11.6 Å². The number of aryl methyl sites for hydroxylation is 1. The summed E-state index contributed by atoms with van der Waals surface area (Å²) in [4.78, 5) is 8.99. The molecule has 0 radical (unpaired) electrons. The molecule has 0 amide bonds. The van der Waals surface area contributed by atoms with Crippen LogP contribution in [0.5, 0.6) is 0 Å². The number of alkyl halides is 2. The number of benzene rings is 1. The highest BCUT2D eigenvalue weighted by atomic mass is 19.3. The van der Waals surface area contributed by atoms with Crippen LogP contribution in [0.15, 0.2) is 48.8 Å². The van der Waals surface area contributed by atoms with E-state index >= 15 is 4.39 Å². The van der Waals surface area contributed by atoms with E-state index < -0.39 is 29.8 Å². The minimum absolute atomic E-state index is 0.133. The van der Waals surface area contributed by atoms with Crippen LogP contribution in [-0.2, 0) is 15.3 Å². The summed E-state index contributed by atoms with van der Waals surface area (Å²) < 4.78 is 55.9. The second kappa shape index (κ2) is 10.2. The molecular weight excluding hydrogens is 541 g/mol. The molecule has 1 atom stereocenters. The average Bonchev–Trinajstić information content (AvgIpc) is 3.68. The molecule has 0 saturated carbocycles. The van der Waals surface area contributed by atoms with Gasteiger partial charge in [0.05, 0.1) is 36.0 Å². The summed E-state index contributed by atoms with van der Waals surface area (Å²) in [6.07, 6.45) is -2.24. The Bertz CT molecular complexity index is 1730. The molecule has 6 rings (SSSR count). The molecule has 1 aromatic carbocycles. The standard InChI is InChI=1S/C27H25F3N8O3/c1-14-10-20(25(29)30)36-38(14)26-16(15(2)39)4-7-24(33-26)37-13-31-19-12-18(17(28)11-21(19)37)32-23-6-5-22(34-35-23)27(3)40-8-9-41-27/h4-7,10-13,15,25,39H,8-9H2,1-3H3,(H,32,35). The van der Waals surface area contributed by atoms with Crippen molar-refractivity contribution < 1.29 is 27.8 Å². The Hall–Kier alpha value is -4.40. The van der Waals surface area contributed by atoms with Gasteiger partial charge in [-0.2, -0.15) is 5.10 Å². The van der Waals surface area contributed by atoms with Gasteiger partial charge in [-0.1, -0.05) is 0 Å². The Labute approximate surface area is 231 Å². The van der Waals surface area contributed by atoms with Gasteiger partial charge in [0.2, 0.25) is 5.79 Å². The lowest BCUT2D eigenvalue weighted by atomic mass is 10.1. The highest BCUT2D eigenvalue weighted by Gasteiger charge is 2.35. The molecule has 2 N–H and O–H groups in total. The summed E-state index contributed by atoms with van der Waals surface area (Å²) in [6, 6.07) is 10.7.